The Kier molecular flexibility index (Phi) is 6.12. The maximum Gasteiger partial charge on any atom is 0.416 e. The Bertz CT molecular complexity index is 745. The highest BCUT2D eigenvalue weighted by molar-refractivity contribution is 9.10. The molecular formula is C16H15BrF3NO4. The molecule has 9 heteroatoms. The van der Waals surface area contributed by atoms with Gasteiger partial charge in [0.15, 0.2) is 10.4 Å². The summed E-state index contributed by atoms with van der Waals surface area (Å²) in [5.74, 6) is -0.426. The maximum atomic E-state index is 12.6. The molecule has 25 heavy (non-hydrogen) atoms. The predicted molar refractivity (Wildman–Crippen MR) is 86.4 cm³/mol. The largest absolute Gasteiger partial charge is 0.491 e. The monoisotopic (exact) mass is 421 g/mol. The van der Waals surface area contributed by atoms with E-state index < -0.39 is 23.8 Å². The van der Waals surface area contributed by atoms with Crippen molar-refractivity contribution in [2.24, 2.45) is 0 Å². The molecule has 2 aromatic rings. The summed E-state index contributed by atoms with van der Waals surface area (Å²) >= 11 is 3.11. The number of amides is 1. The van der Waals surface area contributed by atoms with Gasteiger partial charge in [0.1, 0.15) is 18.5 Å². The summed E-state index contributed by atoms with van der Waals surface area (Å²) < 4.78 is 48.5. The van der Waals surface area contributed by atoms with E-state index in [0.29, 0.717) is 10.2 Å². The molecule has 1 unspecified atom stereocenters. The van der Waals surface area contributed by atoms with E-state index in [0.717, 1.165) is 12.1 Å². The predicted octanol–water partition coefficient (Wildman–Crippen LogP) is 3.54. The molecule has 1 atom stereocenters. The molecular weight excluding hydrogens is 407 g/mol. The Hall–Kier alpha value is -2.00. The molecule has 0 saturated carbocycles. The molecule has 2 N–H and O–H groups in total. The summed E-state index contributed by atoms with van der Waals surface area (Å²) in [6.07, 6.45) is -5.57. The van der Waals surface area contributed by atoms with Crippen molar-refractivity contribution in [1.29, 1.82) is 0 Å². The van der Waals surface area contributed by atoms with Crippen molar-refractivity contribution >= 4 is 21.8 Å². The number of hydrogen-bond acceptors (Lipinski definition) is 4. The molecule has 0 aliphatic carbocycles. The number of carbonyl (C=O) groups excluding carboxylic acids is 1. The molecule has 136 valence electrons. The Morgan fingerprint density at radius 1 is 1.40 bits per heavy atom. The van der Waals surface area contributed by atoms with Gasteiger partial charge in [-0.25, -0.2) is 0 Å². The van der Waals surface area contributed by atoms with Gasteiger partial charge < -0.3 is 19.6 Å². The summed E-state index contributed by atoms with van der Waals surface area (Å²) in [4.78, 5) is 11.9. The lowest BCUT2D eigenvalue weighted by molar-refractivity contribution is -0.137. The Balaban J connectivity index is 1.84. The van der Waals surface area contributed by atoms with E-state index in [2.05, 4.69) is 21.2 Å². The molecule has 1 aromatic heterocycles. The maximum absolute atomic E-state index is 12.6. The zero-order valence-corrected chi connectivity index (χ0v) is 14.6. The van der Waals surface area contributed by atoms with Crippen molar-refractivity contribution in [1.82, 2.24) is 5.32 Å². The minimum absolute atomic E-state index is 0.0222. The van der Waals surface area contributed by atoms with Gasteiger partial charge in [-0.3, -0.25) is 4.79 Å². The molecule has 0 radical (unpaired) electrons. The molecule has 0 aliphatic heterocycles. The van der Waals surface area contributed by atoms with Crippen LogP contribution in [0.3, 0.4) is 0 Å². The minimum Gasteiger partial charge on any atom is -0.491 e. The highest BCUT2D eigenvalue weighted by Gasteiger charge is 2.30. The van der Waals surface area contributed by atoms with E-state index in [1.807, 2.05) is 0 Å². The molecule has 5 nitrogen and oxygen atoms in total. The topological polar surface area (TPSA) is 71.7 Å². The van der Waals surface area contributed by atoms with Gasteiger partial charge in [0.05, 0.1) is 5.56 Å². The van der Waals surface area contributed by atoms with Crippen LogP contribution in [-0.2, 0) is 6.18 Å². The number of nitrogens with one attached hydrogen (secondary N) is 1. The van der Waals surface area contributed by atoms with Crippen LogP contribution in [0, 0.1) is 6.92 Å². The number of furan rings is 1. The van der Waals surface area contributed by atoms with Crippen LogP contribution in [-0.4, -0.2) is 30.3 Å². The first kappa shape index (κ1) is 19.3. The lowest BCUT2D eigenvalue weighted by Crippen LogP contribution is -2.35. The smallest absolute Gasteiger partial charge is 0.416 e. The fourth-order valence-electron chi connectivity index (χ4n) is 1.97. The summed E-state index contributed by atoms with van der Waals surface area (Å²) in [6, 6.07) is 5.96. The standard InChI is InChI=1S/C16H15BrF3NO4/c1-9-5-13(17)25-14(9)15(23)21-7-11(22)8-24-12-4-2-3-10(6-12)16(18,19)20/h2-6,11,22H,7-8H2,1H3,(H,21,23). The van der Waals surface area contributed by atoms with Crippen molar-refractivity contribution in [3.05, 3.63) is 51.9 Å². The van der Waals surface area contributed by atoms with Crippen molar-refractivity contribution in [2.75, 3.05) is 13.2 Å². The van der Waals surface area contributed by atoms with Crippen LogP contribution >= 0.6 is 15.9 Å². The van der Waals surface area contributed by atoms with Gasteiger partial charge >= 0.3 is 6.18 Å². The molecule has 1 heterocycles. The zero-order chi connectivity index (χ0) is 18.6. The van der Waals surface area contributed by atoms with E-state index in [1.165, 1.54) is 12.1 Å². The highest BCUT2D eigenvalue weighted by atomic mass is 79.9. The van der Waals surface area contributed by atoms with Crippen molar-refractivity contribution in [2.45, 2.75) is 19.2 Å². The van der Waals surface area contributed by atoms with Gasteiger partial charge in [-0.15, -0.1) is 0 Å². The fraction of sp³-hybridized carbons (Fsp3) is 0.312. The quantitative estimate of drug-likeness (QED) is 0.748. The van der Waals surface area contributed by atoms with Crippen LogP contribution in [0.2, 0.25) is 0 Å². The second-order valence-electron chi connectivity index (χ2n) is 5.26. The lowest BCUT2D eigenvalue weighted by atomic mass is 10.2. The van der Waals surface area contributed by atoms with E-state index in [1.54, 1.807) is 13.0 Å². The van der Waals surface area contributed by atoms with Crippen molar-refractivity contribution in [3.63, 3.8) is 0 Å². The van der Waals surface area contributed by atoms with Crippen LogP contribution in [0.1, 0.15) is 21.7 Å². The minimum atomic E-state index is -4.47. The number of aliphatic hydroxyl groups excluding tert-OH is 1. The molecule has 1 amide bonds. The molecule has 0 aliphatic rings. The Labute approximate surface area is 149 Å². The van der Waals surface area contributed by atoms with Gasteiger partial charge in [-0.05, 0) is 47.1 Å². The molecule has 1 aromatic carbocycles. The van der Waals surface area contributed by atoms with Crippen molar-refractivity contribution < 1.29 is 32.2 Å². The number of ether oxygens (including phenoxy) is 1. The van der Waals surface area contributed by atoms with Crippen LogP contribution < -0.4 is 10.1 Å². The number of benzene rings is 1. The number of rotatable bonds is 6. The molecule has 0 spiro atoms. The fourth-order valence-corrected chi connectivity index (χ4v) is 2.48. The summed E-state index contributed by atoms with van der Waals surface area (Å²) in [5, 5.41) is 12.3. The SMILES string of the molecule is Cc1cc(Br)oc1C(=O)NCC(O)COc1cccc(C(F)(F)F)c1. The van der Waals surface area contributed by atoms with Gasteiger partial charge in [-0.1, -0.05) is 6.07 Å². The van der Waals surface area contributed by atoms with Gasteiger partial charge in [-0.2, -0.15) is 13.2 Å². The van der Waals surface area contributed by atoms with Gasteiger partial charge in [0, 0.05) is 12.1 Å². The second-order valence-corrected chi connectivity index (χ2v) is 6.04. The summed E-state index contributed by atoms with van der Waals surface area (Å²) in [6.45, 7) is 1.27. The molecule has 0 fully saturated rings. The molecule has 0 saturated heterocycles. The lowest BCUT2D eigenvalue weighted by Gasteiger charge is -2.14. The van der Waals surface area contributed by atoms with Crippen molar-refractivity contribution in [3.8, 4) is 5.75 Å². The third-order valence-electron chi connectivity index (χ3n) is 3.20. The third-order valence-corrected chi connectivity index (χ3v) is 3.59. The van der Waals surface area contributed by atoms with Crippen LogP contribution in [0.4, 0.5) is 13.2 Å². The number of aliphatic hydroxyl groups is 1. The van der Waals surface area contributed by atoms with Crippen LogP contribution in [0.15, 0.2) is 39.4 Å². The van der Waals surface area contributed by atoms with E-state index in [9.17, 15) is 23.1 Å². The first-order chi connectivity index (χ1) is 11.7. The number of halogens is 4. The number of carbonyl (C=O) groups is 1. The number of aryl methyl sites for hydroxylation is 1. The summed E-state index contributed by atoms with van der Waals surface area (Å²) in [5.41, 5.74) is -0.217. The number of hydrogen-bond donors (Lipinski definition) is 2. The van der Waals surface area contributed by atoms with E-state index in [-0.39, 0.29) is 24.7 Å². The molecule has 0 bridgehead atoms. The third kappa shape index (κ3) is 5.50. The van der Waals surface area contributed by atoms with Crippen LogP contribution in [0.25, 0.3) is 0 Å². The van der Waals surface area contributed by atoms with Gasteiger partial charge in [0.2, 0.25) is 0 Å². The Morgan fingerprint density at radius 2 is 2.12 bits per heavy atom. The average molecular weight is 422 g/mol. The van der Waals surface area contributed by atoms with Gasteiger partial charge in [0.25, 0.3) is 5.91 Å². The Morgan fingerprint density at radius 3 is 2.72 bits per heavy atom. The molecule has 2 rings (SSSR count). The zero-order valence-electron chi connectivity index (χ0n) is 13.1. The number of alkyl halides is 3. The first-order valence-electron chi connectivity index (χ1n) is 7.19. The van der Waals surface area contributed by atoms with E-state index in [4.69, 9.17) is 9.15 Å². The second kappa shape index (κ2) is 7.92. The first-order valence-corrected chi connectivity index (χ1v) is 7.98. The average Bonchev–Trinajstić information content (AvgIpc) is 2.88. The van der Waals surface area contributed by atoms with Crippen LogP contribution in [0.5, 0.6) is 5.75 Å². The van der Waals surface area contributed by atoms with E-state index >= 15 is 0 Å². The summed E-state index contributed by atoms with van der Waals surface area (Å²) in [7, 11) is 0. The normalized spacial score (nSPS) is 12.7. The highest BCUT2D eigenvalue weighted by Crippen LogP contribution is 2.31.